The fraction of sp³-hybridized carbons (Fsp3) is 0.375. The molecule has 0 aliphatic rings. The molecule has 3 aromatic carbocycles. The second kappa shape index (κ2) is 47.5. The third-order valence-electron chi connectivity index (χ3n) is 8.32. The first-order chi connectivity index (χ1) is 37.1. The topological polar surface area (TPSA) is 180 Å². The Morgan fingerprint density at radius 2 is 0.218 bits per heavy atom. The van der Waals surface area contributed by atoms with Gasteiger partial charge in [0.1, 0.15) is 58.2 Å². The van der Waals surface area contributed by atoms with Gasteiger partial charge in [0, 0.05) is 45.6 Å². The Labute approximate surface area is 471 Å². The summed E-state index contributed by atoms with van der Waals surface area (Å²) in [5.74, 6) is 8.17. The molecule has 14 heteroatoms. The van der Waals surface area contributed by atoms with Crippen molar-refractivity contribution in [2.45, 2.75) is 166 Å². The maximum Gasteiger partial charge on any atom is 0.129 e. The highest BCUT2D eigenvalue weighted by Crippen LogP contribution is 1.99. The highest BCUT2D eigenvalue weighted by atomic mass is 15.0. The van der Waals surface area contributed by atoms with Crippen molar-refractivity contribution >= 4 is 0 Å². The van der Waals surface area contributed by atoms with Crippen molar-refractivity contribution in [3.8, 4) is 0 Å². The summed E-state index contributed by atoms with van der Waals surface area (Å²) in [4.78, 5) is 57.1. The van der Waals surface area contributed by atoms with Crippen molar-refractivity contribution in [1.29, 1.82) is 0 Å². The van der Waals surface area contributed by atoms with Crippen molar-refractivity contribution in [2.24, 2.45) is 0 Å². The summed E-state index contributed by atoms with van der Waals surface area (Å²) in [6.45, 7) is 46.6. The lowest BCUT2D eigenvalue weighted by Crippen LogP contribution is -1.97. The quantitative estimate of drug-likeness (QED) is 0.140. The normalized spacial score (nSPS) is 8.77. The van der Waals surface area contributed by atoms with Gasteiger partial charge in [0.25, 0.3) is 0 Å². The SMILES string of the molecule is CC.CC.CC.Cc1cc(C)nc(C)n1.Cc1cc(C)nc(C)n1.Cc1cc(C)nc(C)n1.Cc1cc(C)nc(C)n1.Cc1nc(C)nc(C)n1.Cc1nc(C)nc(C)n1.c1ccccc1.c1ccccc1.c1ccccc1. The van der Waals surface area contributed by atoms with Crippen LogP contribution >= 0.6 is 0 Å². The lowest BCUT2D eigenvalue weighted by Gasteiger charge is -1.95. The number of benzene rings is 3. The Morgan fingerprint density at radius 1 is 0.141 bits per heavy atom. The molecule has 0 saturated carbocycles. The predicted molar refractivity (Wildman–Crippen MR) is 326 cm³/mol. The molecule has 6 aromatic heterocycles. The first kappa shape index (κ1) is 74.2. The molecular formula is C64H94N14. The van der Waals surface area contributed by atoms with E-state index in [0.717, 1.165) is 104 Å². The van der Waals surface area contributed by atoms with E-state index in [0.29, 0.717) is 0 Å². The summed E-state index contributed by atoms with van der Waals surface area (Å²) < 4.78 is 0. The molecule has 0 aliphatic carbocycles. The van der Waals surface area contributed by atoms with Crippen LogP contribution in [0.1, 0.15) is 145 Å². The van der Waals surface area contributed by atoms with Crippen LogP contribution in [0.5, 0.6) is 0 Å². The molecule has 0 spiro atoms. The van der Waals surface area contributed by atoms with Gasteiger partial charge in [-0.05, 0) is 149 Å². The Kier molecular flexibility index (Phi) is 45.2. The van der Waals surface area contributed by atoms with Crippen LogP contribution in [0.4, 0.5) is 0 Å². The van der Waals surface area contributed by atoms with E-state index in [1.807, 2.05) is 300 Å². The minimum atomic E-state index is 0.792. The smallest absolute Gasteiger partial charge is 0.129 e. The zero-order chi connectivity index (χ0) is 59.8. The van der Waals surface area contributed by atoms with Crippen LogP contribution in [0.15, 0.2) is 133 Å². The Morgan fingerprint density at radius 3 is 0.295 bits per heavy atom. The monoisotopic (exact) mass is 1060 g/mol. The molecule has 0 aliphatic heterocycles. The van der Waals surface area contributed by atoms with E-state index in [1.54, 1.807) is 0 Å². The van der Waals surface area contributed by atoms with Gasteiger partial charge in [-0.1, -0.05) is 151 Å². The van der Waals surface area contributed by atoms with Gasteiger partial charge in [-0.25, -0.2) is 69.8 Å². The lowest BCUT2D eigenvalue weighted by molar-refractivity contribution is 0.874. The number of aryl methyl sites for hydroxylation is 18. The number of hydrogen-bond acceptors (Lipinski definition) is 14. The van der Waals surface area contributed by atoms with Crippen molar-refractivity contribution in [2.75, 3.05) is 0 Å². The van der Waals surface area contributed by atoms with E-state index in [4.69, 9.17) is 0 Å². The van der Waals surface area contributed by atoms with Crippen LogP contribution in [-0.2, 0) is 0 Å². The van der Waals surface area contributed by atoms with E-state index >= 15 is 0 Å². The molecule has 9 rings (SSSR count). The molecule has 420 valence electrons. The van der Waals surface area contributed by atoms with Crippen LogP contribution in [0.25, 0.3) is 0 Å². The van der Waals surface area contributed by atoms with Crippen LogP contribution in [0, 0.1) is 125 Å². The van der Waals surface area contributed by atoms with Gasteiger partial charge in [-0.2, -0.15) is 0 Å². The summed E-state index contributed by atoms with van der Waals surface area (Å²) in [5, 5.41) is 0. The zero-order valence-electron chi connectivity index (χ0n) is 52.0. The van der Waals surface area contributed by atoms with E-state index in [-0.39, 0.29) is 0 Å². The molecule has 0 atom stereocenters. The summed E-state index contributed by atoms with van der Waals surface area (Å²) in [6, 6.07) is 43.9. The standard InChI is InChI=1S/4C7H10N2.2C6H9N3.3C6H6.3C2H6/c4*1-5-4-6(2)9-7(3)8-5;2*1-4-7-5(2)9-6(3)8-4;3*1-2-4-6-5-3-1;3*1-2/h4*4H,1-3H3;2*1-3H3;3*1-6H;3*1-2H3. The van der Waals surface area contributed by atoms with E-state index in [1.165, 1.54) is 0 Å². The molecule has 0 N–H and O–H groups in total. The third-order valence-corrected chi connectivity index (χ3v) is 8.32. The van der Waals surface area contributed by atoms with Gasteiger partial charge >= 0.3 is 0 Å². The molecule has 6 heterocycles. The minimum Gasteiger partial charge on any atom is -0.239 e. The summed E-state index contributed by atoms with van der Waals surface area (Å²) in [6.07, 6.45) is 0. The predicted octanol–water partition coefficient (Wildman–Crippen LogP) is 15.3. The molecule has 9 aromatic rings. The highest BCUT2D eigenvalue weighted by molar-refractivity contribution is 5.10. The Bertz CT molecular complexity index is 2000. The molecular weight excluding hydrogens is 965 g/mol. The average Bonchev–Trinajstić information content (AvgIpc) is 3.36. The van der Waals surface area contributed by atoms with Gasteiger partial charge in [-0.3, -0.25) is 0 Å². The largest absolute Gasteiger partial charge is 0.239 e. The number of nitrogens with zero attached hydrogens (tertiary/aromatic N) is 14. The number of aromatic nitrogens is 14. The molecule has 0 radical (unpaired) electrons. The van der Waals surface area contributed by atoms with Crippen molar-refractivity contribution < 1.29 is 0 Å². The van der Waals surface area contributed by atoms with Gasteiger partial charge < -0.3 is 0 Å². The van der Waals surface area contributed by atoms with Crippen molar-refractivity contribution in [3.63, 3.8) is 0 Å². The summed E-state index contributed by atoms with van der Waals surface area (Å²) >= 11 is 0. The van der Waals surface area contributed by atoms with Crippen LogP contribution in [0.2, 0.25) is 0 Å². The van der Waals surface area contributed by atoms with Crippen molar-refractivity contribution in [3.05, 3.63) is 237 Å². The molecule has 0 unspecified atom stereocenters. The van der Waals surface area contributed by atoms with Gasteiger partial charge in [0.2, 0.25) is 0 Å². The molecule has 78 heavy (non-hydrogen) atoms. The van der Waals surface area contributed by atoms with Crippen LogP contribution < -0.4 is 0 Å². The molecule has 0 amide bonds. The maximum absolute atomic E-state index is 4.12. The van der Waals surface area contributed by atoms with E-state index < -0.39 is 0 Å². The van der Waals surface area contributed by atoms with E-state index in [9.17, 15) is 0 Å². The second-order valence-electron chi connectivity index (χ2n) is 16.2. The third kappa shape index (κ3) is 45.4. The minimum absolute atomic E-state index is 0.792. The lowest BCUT2D eigenvalue weighted by atomic mass is 10.3. The number of hydrogen-bond donors (Lipinski definition) is 0. The highest BCUT2D eigenvalue weighted by Gasteiger charge is 1.95. The van der Waals surface area contributed by atoms with Crippen LogP contribution in [0.3, 0.4) is 0 Å². The number of rotatable bonds is 0. The van der Waals surface area contributed by atoms with Gasteiger partial charge in [0.15, 0.2) is 0 Å². The summed E-state index contributed by atoms with van der Waals surface area (Å²) in [5.41, 5.74) is 8.33. The average molecular weight is 1060 g/mol. The van der Waals surface area contributed by atoms with Crippen molar-refractivity contribution in [1.82, 2.24) is 69.8 Å². The van der Waals surface area contributed by atoms with Crippen LogP contribution in [-0.4, -0.2) is 69.8 Å². The Hall–Kier alpha value is -8.00. The second-order valence-corrected chi connectivity index (χ2v) is 16.2. The van der Waals surface area contributed by atoms with Gasteiger partial charge in [-0.15, -0.1) is 0 Å². The molecule has 0 fully saturated rings. The fourth-order valence-electron chi connectivity index (χ4n) is 6.32. The molecule has 0 saturated heterocycles. The zero-order valence-corrected chi connectivity index (χ0v) is 52.0. The maximum atomic E-state index is 4.12. The fourth-order valence-corrected chi connectivity index (χ4v) is 6.32. The molecule has 14 nitrogen and oxygen atoms in total. The first-order valence-corrected chi connectivity index (χ1v) is 26.6. The van der Waals surface area contributed by atoms with Gasteiger partial charge in [0.05, 0.1) is 0 Å². The Balaban J connectivity index is -0.000000804. The van der Waals surface area contributed by atoms with E-state index in [2.05, 4.69) is 69.8 Å². The molecule has 0 bridgehead atoms. The first-order valence-electron chi connectivity index (χ1n) is 26.6. The summed E-state index contributed by atoms with van der Waals surface area (Å²) in [7, 11) is 0.